The molecule has 12 aromatic rings. The molecule has 0 aliphatic heterocycles. The van der Waals surface area contributed by atoms with E-state index < -0.39 is 0 Å². The highest BCUT2D eigenvalue weighted by Crippen LogP contribution is 2.57. The highest BCUT2D eigenvalue weighted by Gasteiger charge is 2.43. The first-order valence-corrected chi connectivity index (χ1v) is 36.6. The van der Waals surface area contributed by atoms with Crippen LogP contribution in [0.2, 0.25) is 0 Å². The first-order valence-electron chi connectivity index (χ1n) is 35.4. The predicted octanol–water partition coefficient (Wildman–Crippen LogP) is 25.9. The van der Waals surface area contributed by atoms with Gasteiger partial charge < -0.3 is 43.3 Å². The summed E-state index contributed by atoms with van der Waals surface area (Å²) in [7, 11) is 8.53. The Morgan fingerprint density at radius 2 is 0.475 bits per heavy atom. The van der Waals surface area contributed by atoms with E-state index in [0.717, 1.165) is 145 Å². The van der Waals surface area contributed by atoms with Crippen LogP contribution in [-0.2, 0) is 5.41 Å². The number of benzene rings is 12. The Balaban J connectivity index is 0.860. The number of fused-ring (bicyclic) bond motifs is 3. The molecule has 0 spiro atoms. The van der Waals surface area contributed by atoms with Crippen molar-refractivity contribution in [1.82, 2.24) is 0 Å². The minimum Gasteiger partial charge on any atom is -0.497 e. The van der Waals surface area contributed by atoms with E-state index in [-0.39, 0.29) is 5.41 Å². The van der Waals surface area contributed by atoms with Crippen LogP contribution in [0.3, 0.4) is 0 Å². The first kappa shape index (κ1) is 68.7. The van der Waals surface area contributed by atoms with Gasteiger partial charge in [0.2, 0.25) is 0 Å². The molecule has 0 atom stereocenters. The number of ether oxygens (including phenoxy) is 5. The number of methoxy groups -OCH3 is 5. The molecule has 0 aromatic heterocycles. The maximum Gasteiger partial charge on any atom is 0.119 e. The van der Waals surface area contributed by atoms with Crippen molar-refractivity contribution in [1.29, 1.82) is 0 Å². The van der Waals surface area contributed by atoms with Crippen LogP contribution in [0.1, 0.15) is 89.2 Å². The van der Waals surface area contributed by atoms with Crippen LogP contribution < -0.4 is 43.3 Å². The van der Waals surface area contributed by atoms with E-state index >= 15 is 0 Å². The van der Waals surface area contributed by atoms with Crippen molar-refractivity contribution in [3.8, 4) is 62.1 Å². The lowest BCUT2D eigenvalue weighted by atomic mass is 9.70. The largest absolute Gasteiger partial charge is 0.497 e. The van der Waals surface area contributed by atoms with Gasteiger partial charge in [-0.25, -0.2) is 0 Å². The van der Waals surface area contributed by atoms with Gasteiger partial charge in [-0.1, -0.05) is 126 Å². The van der Waals surface area contributed by atoms with Crippen molar-refractivity contribution in [3.63, 3.8) is 0 Å². The highest BCUT2D eigenvalue weighted by molar-refractivity contribution is 7.98. The fourth-order valence-electron chi connectivity index (χ4n) is 14.5. The fraction of sp³-hybridized carbons (Fsp3) is 0.209. The third-order valence-electron chi connectivity index (χ3n) is 19.9. The second-order valence-corrected chi connectivity index (χ2v) is 26.8. The SMILES string of the molecule is CCCCCCC1(CCCCCC)c2cc(N(c3ccc(OC)cc3)c3ccc(-c4ccc(N(c5ccc(OC)cc5)c5ccc(OC)cc5)cc4)cc3)ccc2-c2ccc(N(c3ccc(SC)cc3)c3ccc(-c4ccc(N(c5ccc(OC)cc5)c5ccc(OC)cc5)cc4)cc3)cc21. The van der Waals surface area contributed by atoms with Crippen molar-refractivity contribution in [2.24, 2.45) is 0 Å². The van der Waals surface area contributed by atoms with Crippen LogP contribution >= 0.6 is 11.8 Å². The number of hydrogen-bond donors (Lipinski definition) is 0. The third kappa shape index (κ3) is 14.9. The Labute approximate surface area is 602 Å². The van der Waals surface area contributed by atoms with E-state index in [1.54, 1.807) is 47.3 Å². The monoisotopic (exact) mass is 1350 g/mol. The summed E-state index contributed by atoms with van der Waals surface area (Å²) >= 11 is 1.77. The van der Waals surface area contributed by atoms with Gasteiger partial charge in [-0.15, -0.1) is 11.8 Å². The minimum absolute atomic E-state index is 0.239. The smallest absolute Gasteiger partial charge is 0.119 e. The maximum atomic E-state index is 5.77. The molecule has 10 heteroatoms. The zero-order valence-corrected chi connectivity index (χ0v) is 60.2. The van der Waals surface area contributed by atoms with Crippen LogP contribution in [-0.4, -0.2) is 41.8 Å². The Morgan fingerprint density at radius 1 is 0.257 bits per heavy atom. The summed E-state index contributed by atoms with van der Waals surface area (Å²) in [5.41, 5.74) is 22.6. The number of anilines is 12. The van der Waals surface area contributed by atoms with Gasteiger partial charge in [0.1, 0.15) is 28.7 Å². The molecular formula is C91H90N4O5S. The number of thioether (sulfide) groups is 1. The molecule has 1 aliphatic carbocycles. The van der Waals surface area contributed by atoms with Gasteiger partial charge >= 0.3 is 0 Å². The average Bonchev–Trinajstić information content (AvgIpc) is 1.56. The second kappa shape index (κ2) is 32.0. The molecule has 101 heavy (non-hydrogen) atoms. The number of unbranched alkanes of at least 4 members (excludes halogenated alkanes) is 6. The Kier molecular flexibility index (Phi) is 21.8. The Morgan fingerprint density at radius 3 is 0.703 bits per heavy atom. The van der Waals surface area contributed by atoms with E-state index in [9.17, 15) is 0 Å². The van der Waals surface area contributed by atoms with E-state index in [1.807, 2.05) is 48.5 Å². The topological polar surface area (TPSA) is 59.1 Å². The zero-order chi connectivity index (χ0) is 69.7. The van der Waals surface area contributed by atoms with Crippen molar-refractivity contribution in [3.05, 3.63) is 290 Å². The summed E-state index contributed by atoms with van der Waals surface area (Å²) in [4.78, 5) is 10.6. The molecule has 9 nitrogen and oxygen atoms in total. The standard InChI is InChI=1S/C91H90N4O5S/c1-9-11-13-15-61-91(62-16-14-12-10-2)89-63-79(94(77-41-55-85(100-7)56-42-77)71-29-21-67(22-30-71)65-17-25-69(26-18-65)92(73-33-47-81(96-3)48-34-73)74-35-49-82(97-4)50-36-74)45-59-87(89)88-60-46-80(64-90(88)91)95(78-43-57-86(101-8)58-44-78)72-31-23-68(24-32-72)66-19-27-70(28-20-66)93(75-37-51-83(98-5)52-38-75)76-39-53-84(99-6)54-40-76/h17-60,63-64H,9-16,61-62H2,1-8H3. The third-order valence-corrected chi connectivity index (χ3v) is 20.7. The average molecular weight is 1350 g/mol. The molecular weight excluding hydrogens is 1260 g/mol. The summed E-state index contributed by atoms with van der Waals surface area (Å²) < 4.78 is 27.9. The van der Waals surface area contributed by atoms with Crippen LogP contribution in [0.25, 0.3) is 33.4 Å². The molecule has 12 aromatic carbocycles. The highest BCUT2D eigenvalue weighted by atomic mass is 32.2. The lowest BCUT2D eigenvalue weighted by molar-refractivity contribution is 0.401. The minimum atomic E-state index is -0.239. The molecule has 510 valence electrons. The molecule has 0 saturated carbocycles. The first-order chi connectivity index (χ1) is 49.7. The molecule has 13 rings (SSSR count). The van der Waals surface area contributed by atoms with E-state index in [0.29, 0.717) is 0 Å². The molecule has 0 heterocycles. The Hall–Kier alpha value is -10.8. The zero-order valence-electron chi connectivity index (χ0n) is 59.4. The quantitative estimate of drug-likeness (QED) is 0.0321. The molecule has 0 N–H and O–H groups in total. The van der Waals surface area contributed by atoms with Crippen molar-refractivity contribution in [2.45, 2.75) is 88.4 Å². The fourth-order valence-corrected chi connectivity index (χ4v) is 14.9. The molecule has 0 unspecified atom stereocenters. The van der Waals surface area contributed by atoms with Gasteiger partial charge in [0.25, 0.3) is 0 Å². The molecule has 0 radical (unpaired) electrons. The molecule has 0 fully saturated rings. The van der Waals surface area contributed by atoms with Crippen molar-refractivity contribution in [2.75, 3.05) is 61.4 Å². The molecule has 1 aliphatic rings. The van der Waals surface area contributed by atoms with Gasteiger partial charge in [0, 0.05) is 78.6 Å². The van der Waals surface area contributed by atoms with E-state index in [1.165, 1.54) is 65.7 Å². The van der Waals surface area contributed by atoms with Crippen LogP contribution in [0, 0.1) is 0 Å². The number of rotatable bonds is 30. The number of hydrogen-bond acceptors (Lipinski definition) is 10. The molecule has 0 bridgehead atoms. The van der Waals surface area contributed by atoms with Gasteiger partial charge in [-0.2, -0.15) is 0 Å². The lowest BCUT2D eigenvalue weighted by Gasteiger charge is -2.35. The summed E-state index contributed by atoms with van der Waals surface area (Å²) in [6.45, 7) is 4.65. The van der Waals surface area contributed by atoms with Crippen molar-refractivity contribution >= 4 is 80.0 Å². The summed E-state index contributed by atoms with van der Waals surface area (Å²) in [5.74, 6) is 4.06. The van der Waals surface area contributed by atoms with Gasteiger partial charge in [0.15, 0.2) is 0 Å². The summed E-state index contributed by atoms with van der Waals surface area (Å²) in [6, 6.07) is 101. The van der Waals surface area contributed by atoms with Crippen LogP contribution in [0.4, 0.5) is 68.2 Å². The van der Waals surface area contributed by atoms with Gasteiger partial charge in [-0.05, 0) is 282 Å². The summed E-state index contributed by atoms with van der Waals surface area (Å²) in [5, 5.41) is 0. The lowest BCUT2D eigenvalue weighted by Crippen LogP contribution is -2.26. The van der Waals surface area contributed by atoms with E-state index in [4.69, 9.17) is 23.7 Å². The predicted molar refractivity (Wildman–Crippen MR) is 424 cm³/mol. The maximum absolute atomic E-state index is 5.77. The molecule has 0 amide bonds. The van der Waals surface area contributed by atoms with Crippen molar-refractivity contribution < 1.29 is 23.7 Å². The normalized spacial score (nSPS) is 11.9. The Bertz CT molecular complexity index is 4250. The second-order valence-electron chi connectivity index (χ2n) is 25.9. The van der Waals surface area contributed by atoms with Crippen LogP contribution in [0.15, 0.2) is 284 Å². The number of nitrogens with zero attached hydrogens (tertiary/aromatic N) is 4. The van der Waals surface area contributed by atoms with Gasteiger partial charge in [0.05, 0.1) is 35.5 Å². The van der Waals surface area contributed by atoms with E-state index in [2.05, 4.69) is 270 Å². The molecule has 0 saturated heterocycles. The summed E-state index contributed by atoms with van der Waals surface area (Å²) in [6.07, 6.45) is 13.7. The van der Waals surface area contributed by atoms with Crippen LogP contribution in [0.5, 0.6) is 28.7 Å². The van der Waals surface area contributed by atoms with Gasteiger partial charge in [-0.3, -0.25) is 0 Å².